The van der Waals surface area contributed by atoms with E-state index >= 15 is 0 Å². The van der Waals surface area contributed by atoms with Gasteiger partial charge in [-0.1, -0.05) is 27.5 Å². The summed E-state index contributed by atoms with van der Waals surface area (Å²) in [5, 5.41) is 10.1. The average Bonchev–Trinajstić information content (AvgIpc) is 3.01. The summed E-state index contributed by atoms with van der Waals surface area (Å²) in [5.74, 6) is 0.269. The van der Waals surface area contributed by atoms with E-state index in [0.717, 1.165) is 15.4 Å². The minimum Gasteiger partial charge on any atom is -0.367 e. The minimum absolute atomic E-state index is 0.132. The van der Waals surface area contributed by atoms with Crippen molar-refractivity contribution in [3.05, 3.63) is 39.2 Å². The molecule has 0 aliphatic rings. The van der Waals surface area contributed by atoms with Crippen LogP contribution < -0.4 is 11.1 Å². The third-order valence-electron chi connectivity index (χ3n) is 2.89. The molecule has 0 saturated carbocycles. The van der Waals surface area contributed by atoms with Crippen molar-refractivity contribution in [3.63, 3.8) is 0 Å². The van der Waals surface area contributed by atoms with Gasteiger partial charge in [0.25, 0.3) is 5.91 Å². The predicted molar refractivity (Wildman–Crippen MR) is 83.0 cm³/mol. The lowest BCUT2D eigenvalue weighted by atomic mass is 10.2. The van der Waals surface area contributed by atoms with Crippen LogP contribution in [0.5, 0.6) is 0 Å². The predicted octanol–water partition coefficient (Wildman–Crippen LogP) is 2.21. The number of nitrogens with zero attached hydrogens (tertiary/aromatic N) is 2. The Morgan fingerprint density at radius 2 is 2.29 bits per heavy atom. The SMILES string of the molecule is Nc1n[nH]c(CNC(=O)c2[nH]c3ccc(Br)cc3c2Cl)n1. The van der Waals surface area contributed by atoms with E-state index in [1.807, 2.05) is 18.2 Å². The van der Waals surface area contributed by atoms with E-state index in [9.17, 15) is 4.79 Å². The van der Waals surface area contributed by atoms with Gasteiger partial charge >= 0.3 is 0 Å². The molecule has 0 spiro atoms. The standard InChI is InChI=1S/C12H10BrClN6O/c13-5-1-2-7-6(3-5)9(14)10(17-7)11(21)16-4-8-18-12(15)20-19-8/h1-3,17H,4H2,(H,16,21)(H3,15,18,19,20). The number of halogens is 2. The Labute approximate surface area is 132 Å². The molecule has 0 saturated heterocycles. The van der Waals surface area contributed by atoms with Crippen LogP contribution in [0, 0.1) is 0 Å². The molecule has 3 aromatic rings. The lowest BCUT2D eigenvalue weighted by molar-refractivity contribution is 0.0946. The van der Waals surface area contributed by atoms with Crippen LogP contribution in [0.4, 0.5) is 5.95 Å². The molecular formula is C12H10BrClN6O. The van der Waals surface area contributed by atoms with E-state index in [-0.39, 0.29) is 18.4 Å². The van der Waals surface area contributed by atoms with Gasteiger partial charge < -0.3 is 16.0 Å². The molecule has 3 rings (SSSR count). The van der Waals surface area contributed by atoms with E-state index in [4.69, 9.17) is 17.3 Å². The number of carbonyl (C=O) groups excluding carboxylic acids is 1. The number of amides is 1. The zero-order chi connectivity index (χ0) is 15.0. The van der Waals surface area contributed by atoms with E-state index in [1.165, 1.54) is 0 Å². The molecule has 1 aromatic carbocycles. The summed E-state index contributed by atoms with van der Waals surface area (Å²) < 4.78 is 0.889. The second-order valence-corrected chi connectivity index (χ2v) is 5.62. The molecule has 5 N–H and O–H groups in total. The van der Waals surface area contributed by atoms with Crippen molar-refractivity contribution in [1.29, 1.82) is 0 Å². The number of carbonyl (C=O) groups is 1. The van der Waals surface area contributed by atoms with Crippen molar-refractivity contribution in [2.45, 2.75) is 6.54 Å². The number of hydrogen-bond acceptors (Lipinski definition) is 4. The highest BCUT2D eigenvalue weighted by molar-refractivity contribution is 9.10. The van der Waals surface area contributed by atoms with Crippen LogP contribution >= 0.6 is 27.5 Å². The molecular weight excluding hydrogens is 360 g/mol. The van der Waals surface area contributed by atoms with Crippen LogP contribution in [-0.4, -0.2) is 26.1 Å². The fourth-order valence-corrected chi connectivity index (χ4v) is 2.58. The van der Waals surface area contributed by atoms with E-state index in [1.54, 1.807) is 0 Å². The molecule has 0 bridgehead atoms. The zero-order valence-electron chi connectivity index (χ0n) is 10.6. The van der Waals surface area contributed by atoms with E-state index < -0.39 is 0 Å². The fourth-order valence-electron chi connectivity index (χ4n) is 1.93. The molecule has 2 heterocycles. The van der Waals surface area contributed by atoms with Gasteiger partial charge in [0.2, 0.25) is 5.95 Å². The molecule has 0 unspecified atom stereocenters. The molecule has 0 aliphatic carbocycles. The van der Waals surface area contributed by atoms with Crippen molar-refractivity contribution in [3.8, 4) is 0 Å². The monoisotopic (exact) mass is 368 g/mol. The third kappa shape index (κ3) is 2.72. The number of fused-ring (bicyclic) bond motifs is 1. The number of nitrogens with one attached hydrogen (secondary N) is 3. The highest BCUT2D eigenvalue weighted by atomic mass is 79.9. The molecule has 0 atom stereocenters. The van der Waals surface area contributed by atoms with Gasteiger partial charge in [-0.05, 0) is 18.2 Å². The summed E-state index contributed by atoms with van der Waals surface area (Å²) in [6.07, 6.45) is 0. The van der Waals surface area contributed by atoms with E-state index in [2.05, 4.69) is 41.4 Å². The number of rotatable bonds is 3. The van der Waals surface area contributed by atoms with Crippen molar-refractivity contribution < 1.29 is 4.79 Å². The minimum atomic E-state index is -0.331. The summed E-state index contributed by atoms with van der Waals surface area (Å²) in [5.41, 5.74) is 6.48. The second-order valence-electron chi connectivity index (χ2n) is 4.33. The van der Waals surface area contributed by atoms with Gasteiger partial charge in [0, 0.05) is 15.4 Å². The van der Waals surface area contributed by atoms with Gasteiger partial charge in [-0.25, -0.2) is 0 Å². The quantitative estimate of drug-likeness (QED) is 0.567. The number of hydrogen-bond donors (Lipinski definition) is 4. The molecule has 1 amide bonds. The van der Waals surface area contributed by atoms with Gasteiger partial charge in [0.1, 0.15) is 11.5 Å². The van der Waals surface area contributed by atoms with Gasteiger partial charge in [0.15, 0.2) is 0 Å². The first-order valence-corrected chi connectivity index (χ1v) is 7.13. The smallest absolute Gasteiger partial charge is 0.269 e. The number of aromatic nitrogens is 4. The number of anilines is 1. The molecule has 108 valence electrons. The zero-order valence-corrected chi connectivity index (χ0v) is 12.9. The van der Waals surface area contributed by atoms with Gasteiger partial charge in [-0.3, -0.25) is 9.89 Å². The Bertz CT molecular complexity index is 826. The van der Waals surface area contributed by atoms with Crippen LogP contribution in [0.2, 0.25) is 5.02 Å². The average molecular weight is 370 g/mol. The Balaban J connectivity index is 1.82. The number of H-pyrrole nitrogens is 2. The van der Waals surface area contributed by atoms with Crippen LogP contribution in [0.15, 0.2) is 22.7 Å². The summed E-state index contributed by atoms with van der Waals surface area (Å²) in [6, 6.07) is 5.56. The molecule has 21 heavy (non-hydrogen) atoms. The first-order valence-electron chi connectivity index (χ1n) is 5.96. The number of benzene rings is 1. The van der Waals surface area contributed by atoms with Crippen LogP contribution in [-0.2, 0) is 6.54 Å². The van der Waals surface area contributed by atoms with Crippen LogP contribution in [0.25, 0.3) is 10.9 Å². The maximum absolute atomic E-state index is 12.2. The highest BCUT2D eigenvalue weighted by Crippen LogP contribution is 2.29. The lowest BCUT2D eigenvalue weighted by Gasteiger charge is -2.01. The van der Waals surface area contributed by atoms with Gasteiger partial charge in [-0.15, -0.1) is 5.10 Å². The topological polar surface area (TPSA) is 112 Å². The normalized spacial score (nSPS) is 11.0. The maximum Gasteiger partial charge on any atom is 0.269 e. The summed E-state index contributed by atoms with van der Waals surface area (Å²) in [7, 11) is 0. The largest absolute Gasteiger partial charge is 0.367 e. The molecule has 0 radical (unpaired) electrons. The summed E-state index contributed by atoms with van der Waals surface area (Å²) in [4.78, 5) is 19.1. The van der Waals surface area contributed by atoms with Crippen molar-refractivity contribution in [2.75, 3.05) is 5.73 Å². The Morgan fingerprint density at radius 3 is 3.00 bits per heavy atom. The second kappa shape index (κ2) is 5.38. The number of nitrogen functional groups attached to an aromatic ring is 1. The Kier molecular flexibility index (Phi) is 3.56. The molecule has 0 fully saturated rings. The van der Waals surface area contributed by atoms with Gasteiger partial charge in [-0.2, -0.15) is 4.98 Å². The lowest BCUT2D eigenvalue weighted by Crippen LogP contribution is -2.24. The Morgan fingerprint density at radius 1 is 1.48 bits per heavy atom. The maximum atomic E-state index is 12.2. The van der Waals surface area contributed by atoms with Crippen LogP contribution in [0.1, 0.15) is 16.3 Å². The van der Waals surface area contributed by atoms with E-state index in [0.29, 0.717) is 16.5 Å². The Hall–Kier alpha value is -2.06. The summed E-state index contributed by atoms with van der Waals surface area (Å²) >= 11 is 9.61. The first kappa shape index (κ1) is 13.9. The molecule has 2 aromatic heterocycles. The highest BCUT2D eigenvalue weighted by Gasteiger charge is 2.16. The molecule has 7 nitrogen and oxygen atoms in total. The van der Waals surface area contributed by atoms with Crippen LogP contribution in [0.3, 0.4) is 0 Å². The van der Waals surface area contributed by atoms with Gasteiger partial charge in [0.05, 0.1) is 11.6 Å². The first-order chi connectivity index (χ1) is 10.0. The molecule has 0 aliphatic heterocycles. The summed E-state index contributed by atoms with van der Waals surface area (Å²) in [6.45, 7) is 0.179. The third-order valence-corrected chi connectivity index (χ3v) is 3.78. The van der Waals surface area contributed by atoms with Crippen molar-refractivity contribution in [1.82, 2.24) is 25.5 Å². The molecule has 9 heteroatoms. The number of nitrogens with two attached hydrogens (primary N) is 1. The van der Waals surface area contributed by atoms with Crippen molar-refractivity contribution >= 4 is 50.3 Å². The van der Waals surface area contributed by atoms with Crippen molar-refractivity contribution in [2.24, 2.45) is 0 Å². The number of aromatic amines is 2. The fraction of sp³-hybridized carbons (Fsp3) is 0.0833.